The summed E-state index contributed by atoms with van der Waals surface area (Å²) in [6, 6.07) is 16.2. The van der Waals surface area contributed by atoms with Crippen LogP contribution in [-0.2, 0) is 14.3 Å². The molecular weight excluding hydrogens is 390 g/mol. The predicted molar refractivity (Wildman–Crippen MR) is 122 cm³/mol. The van der Waals surface area contributed by atoms with Crippen LogP contribution in [0.2, 0.25) is 0 Å². The number of amides is 1. The van der Waals surface area contributed by atoms with Gasteiger partial charge in [-0.1, -0.05) is 68.4 Å². The zero-order chi connectivity index (χ0) is 22.5. The molecule has 0 spiro atoms. The normalized spacial score (nSPS) is 18.4. The maximum atomic E-state index is 13.0. The van der Waals surface area contributed by atoms with Gasteiger partial charge in [0.05, 0.1) is 17.7 Å². The third-order valence-corrected chi connectivity index (χ3v) is 5.50. The van der Waals surface area contributed by atoms with E-state index in [2.05, 4.69) is 13.8 Å². The highest BCUT2D eigenvalue weighted by Crippen LogP contribution is 2.39. The molecule has 1 fully saturated rings. The molecule has 1 saturated heterocycles. The Hall–Kier alpha value is -2.92. The number of ether oxygens (including phenoxy) is 1. The van der Waals surface area contributed by atoms with Crippen LogP contribution in [0.1, 0.15) is 62.8 Å². The molecule has 2 aromatic carbocycles. The van der Waals surface area contributed by atoms with E-state index in [-0.39, 0.29) is 17.4 Å². The van der Waals surface area contributed by atoms with Gasteiger partial charge in [-0.3, -0.25) is 9.59 Å². The van der Waals surface area contributed by atoms with Crippen molar-refractivity contribution in [1.29, 1.82) is 0 Å². The molecule has 5 nitrogen and oxygen atoms in total. The lowest BCUT2D eigenvalue weighted by Crippen LogP contribution is -2.31. The summed E-state index contributed by atoms with van der Waals surface area (Å²) < 4.78 is 5.61. The first kappa shape index (κ1) is 22.8. The number of hydrogen-bond donors (Lipinski definition) is 1. The van der Waals surface area contributed by atoms with Gasteiger partial charge in [0.1, 0.15) is 5.76 Å². The molecular formula is C26H31NO4. The van der Waals surface area contributed by atoms with Crippen LogP contribution in [0.3, 0.4) is 0 Å². The second kappa shape index (κ2) is 9.92. The number of ketones is 1. The van der Waals surface area contributed by atoms with Gasteiger partial charge < -0.3 is 14.7 Å². The summed E-state index contributed by atoms with van der Waals surface area (Å²) in [5.41, 5.74) is 2.64. The molecule has 1 heterocycles. The van der Waals surface area contributed by atoms with Crippen LogP contribution in [0.4, 0.5) is 0 Å². The zero-order valence-electron chi connectivity index (χ0n) is 18.7. The number of benzene rings is 2. The number of rotatable bonds is 8. The highest BCUT2D eigenvalue weighted by atomic mass is 16.5. The summed E-state index contributed by atoms with van der Waals surface area (Å²) in [4.78, 5) is 27.5. The Labute approximate surface area is 184 Å². The average molecular weight is 422 g/mol. The maximum Gasteiger partial charge on any atom is 0.295 e. The van der Waals surface area contributed by atoms with Gasteiger partial charge in [-0.15, -0.1) is 0 Å². The van der Waals surface area contributed by atoms with Crippen LogP contribution in [0.5, 0.6) is 0 Å². The number of carbonyl (C=O) groups is 2. The lowest BCUT2D eigenvalue weighted by atomic mass is 9.93. The second-order valence-electron chi connectivity index (χ2n) is 8.45. The van der Waals surface area contributed by atoms with Crippen molar-refractivity contribution in [3.63, 3.8) is 0 Å². The van der Waals surface area contributed by atoms with Crippen molar-refractivity contribution in [2.75, 3.05) is 13.2 Å². The van der Waals surface area contributed by atoms with Gasteiger partial charge in [0, 0.05) is 18.7 Å². The van der Waals surface area contributed by atoms with Crippen molar-refractivity contribution in [1.82, 2.24) is 4.90 Å². The molecule has 2 aromatic rings. The van der Waals surface area contributed by atoms with E-state index in [0.717, 1.165) is 5.56 Å². The molecule has 0 bridgehead atoms. The van der Waals surface area contributed by atoms with Crippen molar-refractivity contribution < 1.29 is 19.4 Å². The minimum absolute atomic E-state index is 0.105. The Bertz CT molecular complexity index is 945. The zero-order valence-corrected chi connectivity index (χ0v) is 18.7. The summed E-state index contributed by atoms with van der Waals surface area (Å²) in [7, 11) is 0. The number of Topliss-reactive ketones (excluding diaryl/α,β-unsaturated/α-hetero) is 1. The van der Waals surface area contributed by atoms with Crippen molar-refractivity contribution >= 4 is 17.4 Å². The maximum absolute atomic E-state index is 13.0. The monoisotopic (exact) mass is 421 g/mol. The first-order valence-electron chi connectivity index (χ1n) is 10.9. The van der Waals surface area contributed by atoms with E-state index in [4.69, 9.17) is 4.74 Å². The van der Waals surface area contributed by atoms with E-state index in [9.17, 15) is 14.7 Å². The lowest BCUT2D eigenvalue weighted by Gasteiger charge is -2.26. The first-order valence-corrected chi connectivity index (χ1v) is 10.9. The number of carbonyl (C=O) groups excluding carboxylic acids is 2. The number of hydrogen-bond acceptors (Lipinski definition) is 4. The van der Waals surface area contributed by atoms with Crippen LogP contribution in [0, 0.1) is 0 Å². The van der Waals surface area contributed by atoms with Gasteiger partial charge in [0.25, 0.3) is 11.7 Å². The molecule has 1 amide bonds. The number of aliphatic hydroxyl groups excluding tert-OH is 1. The molecule has 1 atom stereocenters. The number of likely N-dealkylation sites (tertiary alicyclic amines) is 1. The second-order valence-corrected chi connectivity index (χ2v) is 8.45. The summed E-state index contributed by atoms with van der Waals surface area (Å²) in [5, 5.41) is 11.0. The highest BCUT2D eigenvalue weighted by molar-refractivity contribution is 6.46. The fourth-order valence-corrected chi connectivity index (χ4v) is 3.83. The minimum Gasteiger partial charge on any atom is -0.507 e. The smallest absolute Gasteiger partial charge is 0.295 e. The van der Waals surface area contributed by atoms with Crippen LogP contribution >= 0.6 is 0 Å². The van der Waals surface area contributed by atoms with Gasteiger partial charge >= 0.3 is 0 Å². The average Bonchev–Trinajstić information content (AvgIpc) is 3.01. The molecule has 164 valence electrons. The summed E-state index contributed by atoms with van der Waals surface area (Å²) >= 11 is 0. The molecule has 5 heteroatoms. The van der Waals surface area contributed by atoms with Crippen molar-refractivity contribution in [2.24, 2.45) is 0 Å². The van der Waals surface area contributed by atoms with Gasteiger partial charge in [0.15, 0.2) is 0 Å². The van der Waals surface area contributed by atoms with Gasteiger partial charge in [-0.05, 0) is 37.3 Å². The summed E-state index contributed by atoms with van der Waals surface area (Å²) in [5.74, 6) is -1.00. The number of nitrogens with zero attached hydrogens (tertiary/aromatic N) is 1. The van der Waals surface area contributed by atoms with Crippen LogP contribution in [0.25, 0.3) is 5.76 Å². The van der Waals surface area contributed by atoms with Crippen molar-refractivity contribution in [2.45, 2.75) is 52.2 Å². The third kappa shape index (κ3) is 5.05. The summed E-state index contributed by atoms with van der Waals surface area (Å²) in [6.07, 6.45) is 0.713. The highest BCUT2D eigenvalue weighted by Gasteiger charge is 2.45. The van der Waals surface area contributed by atoms with Gasteiger partial charge in [-0.2, -0.15) is 0 Å². The van der Waals surface area contributed by atoms with Gasteiger partial charge in [-0.25, -0.2) is 0 Å². The van der Waals surface area contributed by atoms with E-state index in [0.29, 0.717) is 31.1 Å². The third-order valence-electron chi connectivity index (χ3n) is 5.50. The fourth-order valence-electron chi connectivity index (χ4n) is 3.83. The van der Waals surface area contributed by atoms with E-state index in [1.807, 2.05) is 44.2 Å². The molecule has 0 radical (unpaired) electrons. The molecule has 1 aliphatic rings. The largest absolute Gasteiger partial charge is 0.507 e. The van der Waals surface area contributed by atoms with E-state index in [1.165, 1.54) is 5.56 Å². The quantitative estimate of drug-likeness (QED) is 0.280. The van der Waals surface area contributed by atoms with Gasteiger partial charge in [0.2, 0.25) is 0 Å². The molecule has 31 heavy (non-hydrogen) atoms. The van der Waals surface area contributed by atoms with Crippen molar-refractivity contribution in [3.8, 4) is 0 Å². The predicted octanol–water partition coefficient (Wildman–Crippen LogP) is 5.05. The fraction of sp³-hybridized carbons (Fsp3) is 0.385. The molecule has 1 N–H and O–H groups in total. The first-order chi connectivity index (χ1) is 14.8. The number of aliphatic hydroxyl groups is 1. The Morgan fingerprint density at radius 3 is 2.23 bits per heavy atom. The van der Waals surface area contributed by atoms with E-state index < -0.39 is 17.7 Å². The van der Waals surface area contributed by atoms with Crippen LogP contribution in [0.15, 0.2) is 60.2 Å². The summed E-state index contributed by atoms with van der Waals surface area (Å²) in [6.45, 7) is 9.03. The molecule has 3 rings (SSSR count). The van der Waals surface area contributed by atoms with E-state index >= 15 is 0 Å². The molecule has 0 unspecified atom stereocenters. The Morgan fingerprint density at radius 1 is 1.00 bits per heavy atom. The van der Waals surface area contributed by atoms with Crippen LogP contribution < -0.4 is 0 Å². The molecule has 1 aliphatic heterocycles. The topological polar surface area (TPSA) is 66.8 Å². The van der Waals surface area contributed by atoms with Crippen molar-refractivity contribution in [3.05, 3.63) is 76.9 Å². The Morgan fingerprint density at radius 2 is 1.65 bits per heavy atom. The Kier molecular flexibility index (Phi) is 7.29. The standard InChI is InChI=1S/C26H31NO4/c1-17(2)19-11-13-20(14-12-19)23-22(24(28)21-9-6-5-7-10-21)25(29)26(30)27(23)15-8-16-31-18(3)4/h5-7,9-14,17-18,23,28H,8,15-16H2,1-4H3/t23-/m1/s1. The molecule has 0 aromatic heterocycles. The molecule has 0 aliphatic carbocycles. The van der Waals surface area contributed by atoms with Crippen LogP contribution in [-0.4, -0.2) is 41.0 Å². The molecule has 0 saturated carbocycles. The minimum atomic E-state index is -0.649. The lowest BCUT2D eigenvalue weighted by molar-refractivity contribution is -0.140. The SMILES string of the molecule is CC(C)OCCCN1C(=O)C(=O)C(=C(O)c2ccccc2)[C@H]1c1ccc(C(C)C)cc1. The van der Waals surface area contributed by atoms with E-state index in [1.54, 1.807) is 29.2 Å². The Balaban J connectivity index is 2.02.